The fourth-order valence-corrected chi connectivity index (χ4v) is 3.03. The molecule has 0 aliphatic carbocycles. The second-order valence-corrected chi connectivity index (χ2v) is 6.30. The van der Waals surface area contributed by atoms with E-state index in [1.165, 1.54) is 19.2 Å². The molecule has 0 aromatic heterocycles. The Morgan fingerprint density at radius 1 is 1.20 bits per heavy atom. The predicted octanol–water partition coefficient (Wildman–Crippen LogP) is 3.88. The van der Waals surface area contributed by atoms with E-state index in [1.54, 1.807) is 18.2 Å². The standard InChI is InChI=1S/C17H12BrClO6/c1-22-14-3-2-9(4-11(14)18)13(20)7-23-17(21)10-5-12(19)16-15(6-10)24-8-25-16/h2-6H,7-8H2,1H3. The summed E-state index contributed by atoms with van der Waals surface area (Å²) < 4.78 is 21.2. The number of ether oxygens (including phenoxy) is 4. The molecule has 8 heteroatoms. The van der Waals surface area contributed by atoms with Gasteiger partial charge in [0.25, 0.3) is 0 Å². The normalized spacial score (nSPS) is 12.0. The van der Waals surface area contributed by atoms with Crippen LogP contribution >= 0.6 is 27.5 Å². The highest BCUT2D eigenvalue weighted by Gasteiger charge is 2.22. The van der Waals surface area contributed by atoms with E-state index in [1.807, 2.05) is 0 Å². The minimum absolute atomic E-state index is 0.0401. The number of rotatable bonds is 5. The molecule has 130 valence electrons. The van der Waals surface area contributed by atoms with Gasteiger partial charge in [-0.2, -0.15) is 0 Å². The summed E-state index contributed by atoms with van der Waals surface area (Å²) in [6.07, 6.45) is 0. The average molecular weight is 428 g/mol. The summed E-state index contributed by atoms with van der Waals surface area (Å²) in [7, 11) is 1.53. The molecule has 0 fully saturated rings. The van der Waals surface area contributed by atoms with Gasteiger partial charge in [0, 0.05) is 5.56 Å². The molecule has 2 aromatic rings. The molecule has 0 unspecified atom stereocenters. The van der Waals surface area contributed by atoms with E-state index in [0.29, 0.717) is 27.3 Å². The molecule has 0 saturated heterocycles. The lowest BCUT2D eigenvalue weighted by Gasteiger charge is -2.08. The number of halogens is 2. The van der Waals surface area contributed by atoms with Gasteiger partial charge in [0.15, 0.2) is 23.9 Å². The molecular weight excluding hydrogens is 416 g/mol. The van der Waals surface area contributed by atoms with Crippen molar-refractivity contribution >= 4 is 39.3 Å². The zero-order valence-electron chi connectivity index (χ0n) is 13.0. The molecule has 0 radical (unpaired) electrons. The van der Waals surface area contributed by atoms with Gasteiger partial charge in [-0.1, -0.05) is 11.6 Å². The molecule has 0 N–H and O–H groups in total. The maximum absolute atomic E-state index is 12.2. The molecule has 25 heavy (non-hydrogen) atoms. The van der Waals surface area contributed by atoms with E-state index in [0.717, 1.165) is 0 Å². The molecule has 3 rings (SSSR count). The maximum Gasteiger partial charge on any atom is 0.338 e. The molecular formula is C17H12BrClO6. The number of carbonyl (C=O) groups is 2. The summed E-state index contributed by atoms with van der Waals surface area (Å²) in [5, 5.41) is 0.243. The number of hydrogen-bond donors (Lipinski definition) is 0. The van der Waals surface area contributed by atoms with Crippen LogP contribution in [0.4, 0.5) is 0 Å². The molecule has 1 aliphatic heterocycles. The van der Waals surface area contributed by atoms with Crippen molar-refractivity contribution < 1.29 is 28.5 Å². The lowest BCUT2D eigenvalue weighted by atomic mass is 10.1. The summed E-state index contributed by atoms with van der Waals surface area (Å²) in [6.45, 7) is -0.359. The Bertz CT molecular complexity index is 851. The van der Waals surface area contributed by atoms with Gasteiger partial charge in [-0.05, 0) is 46.3 Å². The first-order valence-electron chi connectivity index (χ1n) is 7.12. The summed E-state index contributed by atoms with van der Waals surface area (Å²) >= 11 is 9.33. The minimum atomic E-state index is -0.680. The van der Waals surface area contributed by atoms with Crippen LogP contribution in [0.5, 0.6) is 17.2 Å². The highest BCUT2D eigenvalue weighted by atomic mass is 79.9. The number of methoxy groups -OCH3 is 1. The first-order valence-corrected chi connectivity index (χ1v) is 8.29. The van der Waals surface area contributed by atoms with Crippen LogP contribution in [0.1, 0.15) is 20.7 Å². The van der Waals surface area contributed by atoms with Crippen molar-refractivity contribution in [3.05, 3.63) is 51.0 Å². The minimum Gasteiger partial charge on any atom is -0.496 e. The van der Waals surface area contributed by atoms with Crippen molar-refractivity contribution in [1.29, 1.82) is 0 Å². The number of Topliss-reactive ketones (excluding diaryl/α,β-unsaturated/α-hetero) is 1. The smallest absolute Gasteiger partial charge is 0.338 e. The number of benzene rings is 2. The molecule has 2 aromatic carbocycles. The van der Waals surface area contributed by atoms with Crippen molar-refractivity contribution in [2.75, 3.05) is 20.5 Å². The Balaban J connectivity index is 1.67. The van der Waals surface area contributed by atoms with Crippen molar-refractivity contribution in [1.82, 2.24) is 0 Å². The molecule has 1 aliphatic rings. The Labute approximate surface area is 156 Å². The lowest BCUT2D eigenvalue weighted by Crippen LogP contribution is -2.14. The number of ketones is 1. The van der Waals surface area contributed by atoms with E-state index in [4.69, 9.17) is 30.5 Å². The Hall–Kier alpha value is -2.25. The van der Waals surface area contributed by atoms with Crippen LogP contribution in [-0.2, 0) is 4.74 Å². The molecule has 0 atom stereocenters. The van der Waals surface area contributed by atoms with Gasteiger partial charge in [-0.15, -0.1) is 0 Å². The molecule has 0 spiro atoms. The number of esters is 1. The van der Waals surface area contributed by atoms with Crippen molar-refractivity contribution in [3.63, 3.8) is 0 Å². The zero-order chi connectivity index (χ0) is 18.0. The number of hydrogen-bond acceptors (Lipinski definition) is 6. The number of fused-ring (bicyclic) bond motifs is 1. The van der Waals surface area contributed by atoms with Crippen molar-refractivity contribution in [3.8, 4) is 17.2 Å². The van der Waals surface area contributed by atoms with E-state index >= 15 is 0 Å². The van der Waals surface area contributed by atoms with Gasteiger partial charge in [0.2, 0.25) is 6.79 Å². The molecule has 0 saturated carbocycles. The highest BCUT2D eigenvalue weighted by Crippen LogP contribution is 2.39. The second kappa shape index (κ2) is 7.33. The third kappa shape index (κ3) is 3.72. The van der Waals surface area contributed by atoms with Crippen LogP contribution in [0.15, 0.2) is 34.8 Å². The predicted molar refractivity (Wildman–Crippen MR) is 92.9 cm³/mol. The Morgan fingerprint density at radius 2 is 2.00 bits per heavy atom. The average Bonchev–Trinajstić information content (AvgIpc) is 3.08. The van der Waals surface area contributed by atoms with Gasteiger partial charge < -0.3 is 18.9 Å². The topological polar surface area (TPSA) is 71.1 Å². The Morgan fingerprint density at radius 3 is 2.72 bits per heavy atom. The first-order chi connectivity index (χ1) is 12.0. The molecule has 0 bridgehead atoms. The van der Waals surface area contributed by atoms with Gasteiger partial charge in [-0.25, -0.2) is 4.79 Å². The van der Waals surface area contributed by atoms with Crippen LogP contribution in [0.2, 0.25) is 5.02 Å². The van der Waals surface area contributed by atoms with E-state index in [2.05, 4.69) is 15.9 Å². The van der Waals surface area contributed by atoms with Crippen molar-refractivity contribution in [2.24, 2.45) is 0 Å². The quantitative estimate of drug-likeness (QED) is 0.533. The van der Waals surface area contributed by atoms with Crippen LogP contribution in [-0.4, -0.2) is 32.3 Å². The summed E-state index contributed by atoms with van der Waals surface area (Å²) in [5.74, 6) is 0.329. The molecule has 0 amide bonds. The third-order valence-electron chi connectivity index (χ3n) is 3.47. The molecule has 6 nitrogen and oxygen atoms in total. The summed E-state index contributed by atoms with van der Waals surface area (Å²) in [5.41, 5.74) is 0.571. The van der Waals surface area contributed by atoms with Crippen LogP contribution in [0.3, 0.4) is 0 Å². The van der Waals surface area contributed by atoms with Gasteiger partial charge in [0.1, 0.15) is 5.75 Å². The highest BCUT2D eigenvalue weighted by molar-refractivity contribution is 9.10. The maximum atomic E-state index is 12.2. The van der Waals surface area contributed by atoms with E-state index in [-0.39, 0.29) is 23.2 Å². The fraction of sp³-hybridized carbons (Fsp3) is 0.176. The van der Waals surface area contributed by atoms with Gasteiger partial charge >= 0.3 is 5.97 Å². The van der Waals surface area contributed by atoms with Crippen LogP contribution in [0.25, 0.3) is 0 Å². The van der Waals surface area contributed by atoms with Crippen molar-refractivity contribution in [2.45, 2.75) is 0 Å². The third-order valence-corrected chi connectivity index (χ3v) is 4.37. The first kappa shape index (κ1) is 17.6. The Kier molecular flexibility index (Phi) is 5.15. The largest absolute Gasteiger partial charge is 0.496 e. The number of carbonyl (C=O) groups excluding carboxylic acids is 2. The van der Waals surface area contributed by atoms with Crippen LogP contribution < -0.4 is 14.2 Å². The van der Waals surface area contributed by atoms with Gasteiger partial charge in [0.05, 0.1) is 22.2 Å². The van der Waals surface area contributed by atoms with Gasteiger partial charge in [-0.3, -0.25) is 4.79 Å². The lowest BCUT2D eigenvalue weighted by molar-refractivity contribution is 0.0474. The SMILES string of the molecule is COc1ccc(C(=O)COC(=O)c2cc(Cl)c3c(c2)OCO3)cc1Br. The van der Waals surface area contributed by atoms with E-state index < -0.39 is 12.6 Å². The molecule has 1 heterocycles. The second-order valence-electron chi connectivity index (χ2n) is 5.04. The summed E-state index contributed by atoms with van der Waals surface area (Å²) in [6, 6.07) is 7.72. The monoisotopic (exact) mass is 426 g/mol. The van der Waals surface area contributed by atoms with Crippen LogP contribution in [0, 0.1) is 0 Å². The summed E-state index contributed by atoms with van der Waals surface area (Å²) in [4.78, 5) is 24.3. The zero-order valence-corrected chi connectivity index (χ0v) is 15.3. The fourth-order valence-electron chi connectivity index (χ4n) is 2.22. The van der Waals surface area contributed by atoms with E-state index in [9.17, 15) is 9.59 Å².